The second-order valence-corrected chi connectivity index (χ2v) is 3.58. The van der Waals surface area contributed by atoms with Crippen molar-refractivity contribution < 1.29 is 13.9 Å². The molecule has 0 saturated carbocycles. The predicted octanol–water partition coefficient (Wildman–Crippen LogP) is 1.61. The molecule has 2 heterocycles. The summed E-state index contributed by atoms with van der Waals surface area (Å²) in [7, 11) is 1.43. The van der Waals surface area contributed by atoms with Gasteiger partial charge in [-0.05, 0) is 24.3 Å². The minimum Gasteiger partial charge on any atom is -0.468 e. The van der Waals surface area contributed by atoms with Gasteiger partial charge in [-0.25, -0.2) is 4.99 Å². The van der Waals surface area contributed by atoms with E-state index < -0.39 is 5.91 Å². The van der Waals surface area contributed by atoms with Crippen LogP contribution in [0.4, 0.5) is 0 Å². The van der Waals surface area contributed by atoms with Gasteiger partial charge in [0.1, 0.15) is 0 Å². The van der Waals surface area contributed by atoms with Gasteiger partial charge in [-0.15, -0.1) is 0 Å². The predicted molar refractivity (Wildman–Crippen MR) is 68.6 cm³/mol. The van der Waals surface area contributed by atoms with Crippen LogP contribution in [0.15, 0.2) is 52.2 Å². The first-order chi connectivity index (χ1) is 9.29. The zero-order valence-corrected chi connectivity index (χ0v) is 10.4. The van der Waals surface area contributed by atoms with Crippen molar-refractivity contribution in [2.45, 2.75) is 6.54 Å². The number of nitrogens with one attached hydrogen (secondary N) is 1. The second kappa shape index (κ2) is 6.34. The average molecular weight is 259 g/mol. The molecule has 0 spiro atoms. The smallest absolute Gasteiger partial charge is 0.294 e. The molecule has 0 unspecified atom stereocenters. The van der Waals surface area contributed by atoms with Crippen LogP contribution >= 0.6 is 0 Å². The van der Waals surface area contributed by atoms with Gasteiger partial charge in [0.25, 0.3) is 11.9 Å². The maximum Gasteiger partial charge on any atom is 0.294 e. The van der Waals surface area contributed by atoms with Gasteiger partial charge < -0.3 is 9.15 Å². The van der Waals surface area contributed by atoms with Crippen molar-refractivity contribution in [3.05, 3.63) is 54.2 Å². The lowest BCUT2D eigenvalue weighted by molar-refractivity contribution is 0.0941. The molecule has 0 aromatic carbocycles. The van der Waals surface area contributed by atoms with E-state index in [1.807, 2.05) is 18.2 Å². The topological polar surface area (TPSA) is 76.7 Å². The van der Waals surface area contributed by atoms with E-state index in [1.54, 1.807) is 18.3 Å². The lowest BCUT2D eigenvalue weighted by atomic mass is 10.3. The normalized spacial score (nSPS) is 11.1. The molecule has 0 fully saturated rings. The molecule has 0 aliphatic rings. The Bertz CT molecular complexity index is 550. The average Bonchev–Trinajstić information content (AvgIpc) is 2.98. The third-order valence-corrected chi connectivity index (χ3v) is 2.27. The quantitative estimate of drug-likeness (QED) is 0.671. The van der Waals surface area contributed by atoms with Gasteiger partial charge in [-0.3, -0.25) is 15.1 Å². The minimum atomic E-state index is -0.411. The molecular weight excluding hydrogens is 246 g/mol. The molecule has 0 atom stereocenters. The minimum absolute atomic E-state index is 0.118. The van der Waals surface area contributed by atoms with Gasteiger partial charge in [-0.2, -0.15) is 0 Å². The fraction of sp³-hybridized carbons (Fsp3) is 0.154. The number of aromatic nitrogens is 1. The number of pyridine rings is 1. The van der Waals surface area contributed by atoms with Crippen LogP contribution in [0.3, 0.4) is 0 Å². The molecule has 6 nitrogen and oxygen atoms in total. The summed E-state index contributed by atoms with van der Waals surface area (Å²) in [5, 5.41) is 2.51. The van der Waals surface area contributed by atoms with Gasteiger partial charge in [-0.1, -0.05) is 6.07 Å². The third kappa shape index (κ3) is 3.67. The monoisotopic (exact) mass is 259 g/mol. The van der Waals surface area contributed by atoms with E-state index in [1.165, 1.54) is 13.4 Å². The maximum atomic E-state index is 11.7. The highest BCUT2D eigenvalue weighted by atomic mass is 16.5. The number of carbonyl (C=O) groups is 1. The second-order valence-electron chi connectivity index (χ2n) is 3.58. The number of carbonyl (C=O) groups excluding carboxylic acids is 1. The SMILES string of the molecule is COC(=NCc1ccccn1)NC(=O)c1ccco1. The largest absolute Gasteiger partial charge is 0.468 e. The molecule has 0 aliphatic carbocycles. The summed E-state index contributed by atoms with van der Waals surface area (Å²) in [5.41, 5.74) is 0.782. The fourth-order valence-corrected chi connectivity index (χ4v) is 1.37. The molecule has 2 aromatic rings. The van der Waals surface area contributed by atoms with E-state index in [4.69, 9.17) is 9.15 Å². The van der Waals surface area contributed by atoms with Gasteiger partial charge in [0.05, 0.1) is 25.6 Å². The highest BCUT2D eigenvalue weighted by Gasteiger charge is 2.11. The van der Waals surface area contributed by atoms with Crippen LogP contribution in [0.1, 0.15) is 16.2 Å². The first kappa shape index (κ1) is 12.8. The third-order valence-electron chi connectivity index (χ3n) is 2.27. The summed E-state index contributed by atoms with van der Waals surface area (Å²) in [6.07, 6.45) is 3.10. The van der Waals surface area contributed by atoms with Crippen molar-refractivity contribution in [2.24, 2.45) is 4.99 Å². The Morgan fingerprint density at radius 2 is 2.32 bits per heavy atom. The molecule has 2 aromatic heterocycles. The molecule has 6 heteroatoms. The van der Waals surface area contributed by atoms with Crippen LogP contribution in [-0.4, -0.2) is 24.0 Å². The van der Waals surface area contributed by atoms with E-state index >= 15 is 0 Å². The summed E-state index contributed by atoms with van der Waals surface area (Å²) in [4.78, 5) is 19.9. The molecule has 0 aliphatic heterocycles. The van der Waals surface area contributed by atoms with Gasteiger partial charge >= 0.3 is 0 Å². The number of amidine groups is 1. The Hall–Kier alpha value is -2.63. The lowest BCUT2D eigenvalue weighted by Crippen LogP contribution is -2.31. The summed E-state index contributed by atoms with van der Waals surface area (Å²) >= 11 is 0. The molecule has 98 valence electrons. The van der Waals surface area contributed by atoms with Crippen molar-refractivity contribution >= 4 is 11.9 Å². The Morgan fingerprint density at radius 3 is 2.95 bits per heavy atom. The number of hydrogen-bond acceptors (Lipinski definition) is 5. The molecule has 19 heavy (non-hydrogen) atoms. The van der Waals surface area contributed by atoms with Gasteiger partial charge in [0.15, 0.2) is 5.76 Å². The first-order valence-electron chi connectivity index (χ1n) is 5.63. The lowest BCUT2D eigenvalue weighted by Gasteiger charge is -2.05. The molecule has 0 bridgehead atoms. The molecular formula is C13H13N3O3. The van der Waals surface area contributed by atoms with Gasteiger partial charge in [0, 0.05) is 6.20 Å². The number of ether oxygens (including phenoxy) is 1. The molecule has 0 saturated heterocycles. The number of hydrogen-bond donors (Lipinski definition) is 1. The molecule has 1 N–H and O–H groups in total. The van der Waals surface area contributed by atoms with Crippen LogP contribution in [0.25, 0.3) is 0 Å². The van der Waals surface area contributed by atoms with Crippen molar-refractivity contribution in [3.63, 3.8) is 0 Å². The number of furan rings is 1. The number of amides is 1. The fourth-order valence-electron chi connectivity index (χ4n) is 1.37. The van der Waals surface area contributed by atoms with E-state index in [9.17, 15) is 4.79 Å². The number of methoxy groups -OCH3 is 1. The van der Waals surface area contributed by atoms with E-state index in [0.717, 1.165) is 5.69 Å². The van der Waals surface area contributed by atoms with Crippen molar-refractivity contribution in [2.75, 3.05) is 7.11 Å². The summed E-state index contributed by atoms with van der Waals surface area (Å²) in [6, 6.07) is 8.83. The number of rotatable bonds is 3. The van der Waals surface area contributed by atoms with Crippen molar-refractivity contribution in [1.29, 1.82) is 0 Å². The summed E-state index contributed by atoms with van der Waals surface area (Å²) in [5.74, 6) is -0.214. The van der Waals surface area contributed by atoms with Gasteiger partial charge in [0.2, 0.25) is 0 Å². The maximum absolute atomic E-state index is 11.7. The van der Waals surface area contributed by atoms with E-state index in [-0.39, 0.29) is 11.8 Å². The van der Waals surface area contributed by atoms with Crippen LogP contribution in [-0.2, 0) is 11.3 Å². The summed E-state index contributed by atoms with van der Waals surface area (Å²) in [6.45, 7) is 0.322. The number of aliphatic imine (C=N–C) groups is 1. The molecule has 0 radical (unpaired) electrons. The Kier molecular flexibility index (Phi) is 4.28. The highest BCUT2D eigenvalue weighted by Crippen LogP contribution is 2.00. The van der Waals surface area contributed by atoms with Crippen LogP contribution < -0.4 is 5.32 Å². The Labute approximate surface area is 110 Å². The van der Waals surface area contributed by atoms with E-state index in [0.29, 0.717) is 6.54 Å². The van der Waals surface area contributed by atoms with Crippen LogP contribution in [0.2, 0.25) is 0 Å². The van der Waals surface area contributed by atoms with E-state index in [2.05, 4.69) is 15.3 Å². The van der Waals surface area contributed by atoms with Crippen LogP contribution in [0, 0.1) is 0 Å². The van der Waals surface area contributed by atoms with Crippen molar-refractivity contribution in [1.82, 2.24) is 10.3 Å². The molecule has 2 rings (SSSR count). The standard InChI is InChI=1S/C13H13N3O3/c1-18-13(15-9-10-5-2-3-7-14-10)16-12(17)11-6-4-8-19-11/h2-8H,9H2,1H3,(H,15,16,17). The first-order valence-corrected chi connectivity index (χ1v) is 5.63. The zero-order chi connectivity index (χ0) is 13.5. The van der Waals surface area contributed by atoms with Crippen molar-refractivity contribution in [3.8, 4) is 0 Å². The van der Waals surface area contributed by atoms with Crippen LogP contribution in [0.5, 0.6) is 0 Å². The zero-order valence-electron chi connectivity index (χ0n) is 10.4. The highest BCUT2D eigenvalue weighted by molar-refractivity contribution is 6.02. The molecule has 1 amide bonds. The summed E-state index contributed by atoms with van der Waals surface area (Å²) < 4.78 is 9.96. The Morgan fingerprint density at radius 1 is 1.42 bits per heavy atom. The Balaban J connectivity index is 1.98. The number of nitrogens with zero attached hydrogens (tertiary/aromatic N) is 2.